The first-order valence-corrected chi connectivity index (χ1v) is 3.57. The van der Waals surface area contributed by atoms with Gasteiger partial charge in [-0.15, -0.1) is 0 Å². The Bertz CT molecular complexity index is 325. The fourth-order valence-electron chi connectivity index (χ4n) is 0.848. The summed E-state index contributed by atoms with van der Waals surface area (Å²) in [5, 5.41) is 0. The summed E-state index contributed by atoms with van der Waals surface area (Å²) in [6.07, 6.45) is 1.34. The third-order valence-electron chi connectivity index (χ3n) is 1.52. The normalized spacial score (nSPS) is 9.38. The molecule has 0 aliphatic heterocycles. The minimum atomic E-state index is -0.467. The van der Waals surface area contributed by atoms with Crippen LogP contribution in [0.25, 0.3) is 0 Å². The van der Waals surface area contributed by atoms with Gasteiger partial charge in [0.05, 0.1) is 19.8 Å². The number of carbonyl (C=O) groups excluding carboxylic acids is 1. The number of hydrogen-bond donors (Lipinski definition) is 1. The van der Waals surface area contributed by atoms with Crippen molar-refractivity contribution < 1.29 is 14.3 Å². The molecule has 0 atom stereocenters. The standard InChI is InChI=1S/C8H10N2O3/c1-12-6-3-5(8(11)13-2)4-10-7(6)9/h3-4H,1-2H3,(H2,9,10). The van der Waals surface area contributed by atoms with E-state index in [9.17, 15) is 4.79 Å². The molecular weight excluding hydrogens is 172 g/mol. The number of pyridine rings is 1. The van der Waals surface area contributed by atoms with Gasteiger partial charge in [0.15, 0.2) is 11.6 Å². The summed E-state index contributed by atoms with van der Waals surface area (Å²) < 4.78 is 9.39. The SMILES string of the molecule is COC(=O)c1cnc(N)c(OC)c1. The van der Waals surface area contributed by atoms with Crippen molar-refractivity contribution in [1.29, 1.82) is 0 Å². The summed E-state index contributed by atoms with van der Waals surface area (Å²) >= 11 is 0. The molecule has 0 spiro atoms. The van der Waals surface area contributed by atoms with Crippen molar-refractivity contribution in [2.24, 2.45) is 0 Å². The van der Waals surface area contributed by atoms with E-state index in [1.807, 2.05) is 0 Å². The molecule has 13 heavy (non-hydrogen) atoms. The van der Waals surface area contributed by atoms with Crippen LogP contribution >= 0.6 is 0 Å². The number of nitrogens with two attached hydrogens (primary N) is 1. The Kier molecular flexibility index (Phi) is 2.69. The number of nitrogen functional groups attached to an aromatic ring is 1. The highest BCUT2D eigenvalue weighted by molar-refractivity contribution is 5.89. The molecule has 0 aromatic carbocycles. The maximum atomic E-state index is 11.0. The molecule has 0 amide bonds. The molecule has 2 N–H and O–H groups in total. The van der Waals surface area contributed by atoms with E-state index in [0.29, 0.717) is 11.3 Å². The third kappa shape index (κ3) is 1.87. The summed E-state index contributed by atoms with van der Waals surface area (Å²) in [7, 11) is 2.75. The molecule has 0 bridgehead atoms. The predicted octanol–water partition coefficient (Wildman–Crippen LogP) is 0.459. The van der Waals surface area contributed by atoms with Crippen LogP contribution in [0.5, 0.6) is 5.75 Å². The van der Waals surface area contributed by atoms with Crippen LogP contribution in [-0.2, 0) is 4.74 Å². The smallest absolute Gasteiger partial charge is 0.339 e. The monoisotopic (exact) mass is 182 g/mol. The average molecular weight is 182 g/mol. The predicted molar refractivity (Wildman–Crippen MR) is 46.5 cm³/mol. The van der Waals surface area contributed by atoms with Gasteiger partial charge in [-0.2, -0.15) is 0 Å². The van der Waals surface area contributed by atoms with Gasteiger partial charge in [0.2, 0.25) is 0 Å². The molecule has 1 heterocycles. The van der Waals surface area contributed by atoms with Crippen molar-refractivity contribution in [3.63, 3.8) is 0 Å². The zero-order chi connectivity index (χ0) is 9.84. The highest BCUT2D eigenvalue weighted by Gasteiger charge is 2.09. The van der Waals surface area contributed by atoms with Gasteiger partial charge in [0, 0.05) is 12.3 Å². The van der Waals surface area contributed by atoms with Gasteiger partial charge in [-0.25, -0.2) is 9.78 Å². The largest absolute Gasteiger partial charge is 0.493 e. The summed E-state index contributed by atoms with van der Waals surface area (Å²) in [4.78, 5) is 14.8. The van der Waals surface area contributed by atoms with Crippen LogP contribution in [0.2, 0.25) is 0 Å². The van der Waals surface area contributed by atoms with Crippen LogP contribution in [-0.4, -0.2) is 25.2 Å². The number of carbonyl (C=O) groups is 1. The van der Waals surface area contributed by atoms with Crippen LogP contribution in [0, 0.1) is 0 Å². The van der Waals surface area contributed by atoms with E-state index in [-0.39, 0.29) is 5.82 Å². The van der Waals surface area contributed by atoms with Crippen molar-refractivity contribution in [2.75, 3.05) is 20.0 Å². The van der Waals surface area contributed by atoms with E-state index >= 15 is 0 Å². The number of rotatable bonds is 2. The number of methoxy groups -OCH3 is 2. The van der Waals surface area contributed by atoms with Gasteiger partial charge < -0.3 is 15.2 Å². The quantitative estimate of drug-likeness (QED) is 0.672. The molecule has 70 valence electrons. The second-order valence-corrected chi connectivity index (χ2v) is 2.30. The Morgan fingerprint density at radius 3 is 2.77 bits per heavy atom. The molecule has 0 saturated heterocycles. The van der Waals surface area contributed by atoms with E-state index < -0.39 is 5.97 Å². The Morgan fingerprint density at radius 1 is 1.54 bits per heavy atom. The minimum absolute atomic E-state index is 0.246. The molecule has 0 unspecified atom stereocenters. The Balaban J connectivity index is 3.06. The molecule has 5 nitrogen and oxygen atoms in total. The first-order chi connectivity index (χ1) is 6.19. The van der Waals surface area contributed by atoms with Crippen molar-refractivity contribution in [1.82, 2.24) is 4.98 Å². The van der Waals surface area contributed by atoms with Gasteiger partial charge in [-0.05, 0) is 0 Å². The Morgan fingerprint density at radius 2 is 2.23 bits per heavy atom. The lowest BCUT2D eigenvalue weighted by Gasteiger charge is -2.04. The third-order valence-corrected chi connectivity index (χ3v) is 1.52. The number of nitrogens with zero attached hydrogens (tertiary/aromatic N) is 1. The fourth-order valence-corrected chi connectivity index (χ4v) is 0.848. The minimum Gasteiger partial charge on any atom is -0.493 e. The molecule has 1 rings (SSSR count). The maximum absolute atomic E-state index is 11.0. The molecule has 0 saturated carbocycles. The van der Waals surface area contributed by atoms with Crippen LogP contribution in [0.4, 0.5) is 5.82 Å². The van der Waals surface area contributed by atoms with Gasteiger partial charge in [-0.3, -0.25) is 0 Å². The topological polar surface area (TPSA) is 74.4 Å². The first-order valence-electron chi connectivity index (χ1n) is 3.57. The van der Waals surface area contributed by atoms with Crippen molar-refractivity contribution in [3.05, 3.63) is 17.8 Å². The summed E-state index contributed by atoms with van der Waals surface area (Å²) in [5.41, 5.74) is 5.77. The van der Waals surface area contributed by atoms with Crippen LogP contribution in [0.15, 0.2) is 12.3 Å². The second kappa shape index (κ2) is 3.75. The zero-order valence-corrected chi connectivity index (χ0v) is 7.40. The molecule has 1 aromatic heterocycles. The molecular formula is C8H10N2O3. The highest BCUT2D eigenvalue weighted by Crippen LogP contribution is 2.19. The van der Waals surface area contributed by atoms with Crippen LogP contribution < -0.4 is 10.5 Å². The van der Waals surface area contributed by atoms with Gasteiger partial charge in [0.1, 0.15) is 0 Å². The maximum Gasteiger partial charge on any atom is 0.339 e. The molecule has 0 aliphatic rings. The van der Waals surface area contributed by atoms with E-state index in [0.717, 1.165) is 0 Å². The molecule has 0 aliphatic carbocycles. The molecule has 0 radical (unpaired) electrons. The zero-order valence-electron chi connectivity index (χ0n) is 7.40. The summed E-state index contributed by atoms with van der Waals surface area (Å²) in [6, 6.07) is 1.48. The van der Waals surface area contributed by atoms with Crippen molar-refractivity contribution in [2.45, 2.75) is 0 Å². The molecule has 5 heteroatoms. The lowest BCUT2D eigenvalue weighted by molar-refractivity contribution is 0.0600. The molecule has 0 fully saturated rings. The van der Waals surface area contributed by atoms with Crippen molar-refractivity contribution >= 4 is 11.8 Å². The number of aromatic nitrogens is 1. The Labute approximate surface area is 75.5 Å². The van der Waals surface area contributed by atoms with Gasteiger partial charge in [-0.1, -0.05) is 0 Å². The van der Waals surface area contributed by atoms with Crippen LogP contribution in [0.3, 0.4) is 0 Å². The Hall–Kier alpha value is -1.78. The van der Waals surface area contributed by atoms with Crippen LogP contribution in [0.1, 0.15) is 10.4 Å². The fraction of sp³-hybridized carbons (Fsp3) is 0.250. The van der Waals surface area contributed by atoms with E-state index in [1.165, 1.54) is 26.5 Å². The van der Waals surface area contributed by atoms with Gasteiger partial charge >= 0.3 is 5.97 Å². The van der Waals surface area contributed by atoms with E-state index in [2.05, 4.69) is 9.72 Å². The number of ether oxygens (including phenoxy) is 2. The average Bonchev–Trinajstić information content (AvgIpc) is 2.17. The lowest BCUT2D eigenvalue weighted by Crippen LogP contribution is -2.04. The van der Waals surface area contributed by atoms with E-state index in [1.54, 1.807) is 0 Å². The number of anilines is 1. The number of hydrogen-bond acceptors (Lipinski definition) is 5. The molecule has 1 aromatic rings. The van der Waals surface area contributed by atoms with Crippen molar-refractivity contribution in [3.8, 4) is 5.75 Å². The highest BCUT2D eigenvalue weighted by atomic mass is 16.5. The lowest BCUT2D eigenvalue weighted by atomic mass is 10.3. The second-order valence-electron chi connectivity index (χ2n) is 2.30. The van der Waals surface area contributed by atoms with E-state index in [4.69, 9.17) is 10.5 Å². The number of esters is 1. The first kappa shape index (κ1) is 9.31. The van der Waals surface area contributed by atoms with Gasteiger partial charge in [0.25, 0.3) is 0 Å². The summed E-state index contributed by atoms with van der Waals surface area (Å²) in [5.74, 6) is 0.142. The summed E-state index contributed by atoms with van der Waals surface area (Å²) in [6.45, 7) is 0.